The van der Waals surface area contributed by atoms with Crippen molar-refractivity contribution in [1.29, 1.82) is 0 Å². The molecule has 2 rings (SSSR count). The Labute approximate surface area is 119 Å². The van der Waals surface area contributed by atoms with Crippen molar-refractivity contribution in [3.8, 4) is 0 Å². The number of aromatic nitrogens is 1. The minimum atomic E-state index is -0.0731. The highest BCUT2D eigenvalue weighted by atomic mass is 16.5. The number of carbonyl (C=O) groups excluding carboxylic acids is 1. The number of fused-ring (bicyclic) bond motifs is 1. The maximum atomic E-state index is 10.6. The molecule has 0 aliphatic carbocycles. The molecule has 0 radical (unpaired) electrons. The highest BCUT2D eigenvalue weighted by Crippen LogP contribution is 2.20. The number of carbonyl (C=O) groups is 1. The van der Waals surface area contributed by atoms with E-state index in [1.807, 2.05) is 18.3 Å². The fourth-order valence-electron chi connectivity index (χ4n) is 2.41. The summed E-state index contributed by atoms with van der Waals surface area (Å²) in [6.45, 7) is 4.56. The van der Waals surface area contributed by atoms with E-state index in [-0.39, 0.29) is 6.10 Å². The van der Waals surface area contributed by atoms with Gasteiger partial charge in [0.25, 0.3) is 6.47 Å². The van der Waals surface area contributed by atoms with Crippen LogP contribution in [-0.4, -0.2) is 30.6 Å². The number of H-pyrrole nitrogens is 1. The predicted molar refractivity (Wildman–Crippen MR) is 80.7 cm³/mol. The van der Waals surface area contributed by atoms with Gasteiger partial charge in [-0.05, 0) is 37.6 Å². The van der Waals surface area contributed by atoms with E-state index in [4.69, 9.17) is 4.74 Å². The van der Waals surface area contributed by atoms with Crippen LogP contribution >= 0.6 is 0 Å². The molecule has 4 heteroatoms. The lowest BCUT2D eigenvalue weighted by Gasteiger charge is -2.15. The molecule has 1 aromatic heterocycles. The zero-order chi connectivity index (χ0) is 14.2. The maximum Gasteiger partial charge on any atom is 0.293 e. The predicted octanol–water partition coefficient (Wildman–Crippen LogP) is 2.64. The lowest BCUT2D eigenvalue weighted by atomic mass is 10.0. The Morgan fingerprint density at radius 1 is 1.35 bits per heavy atom. The number of para-hydroxylation sites is 1. The standard InChI is InChI=1S/C16H22N2O2/c1-2-8-17-9-7-14(20-12-19)10-13-11-18-16-6-4-3-5-15(13)16/h3-6,11-12,14,17-18H,2,7-10H2,1H3. The third-order valence-electron chi connectivity index (χ3n) is 3.44. The number of ether oxygens (including phenoxy) is 1. The lowest BCUT2D eigenvalue weighted by Crippen LogP contribution is -2.24. The van der Waals surface area contributed by atoms with Crippen LogP contribution < -0.4 is 5.32 Å². The molecule has 0 aliphatic rings. The summed E-state index contributed by atoms with van der Waals surface area (Å²) in [7, 11) is 0. The van der Waals surface area contributed by atoms with Gasteiger partial charge in [0, 0.05) is 23.5 Å². The Bertz CT molecular complexity index is 536. The molecule has 0 spiro atoms. The third-order valence-corrected chi connectivity index (χ3v) is 3.44. The molecule has 0 aliphatic heterocycles. The van der Waals surface area contributed by atoms with Gasteiger partial charge < -0.3 is 15.0 Å². The minimum Gasteiger partial charge on any atom is -0.464 e. The van der Waals surface area contributed by atoms with E-state index in [2.05, 4.69) is 29.4 Å². The van der Waals surface area contributed by atoms with Gasteiger partial charge in [-0.2, -0.15) is 0 Å². The summed E-state index contributed by atoms with van der Waals surface area (Å²) in [6, 6.07) is 8.18. The molecular weight excluding hydrogens is 252 g/mol. The van der Waals surface area contributed by atoms with Crippen LogP contribution in [0.5, 0.6) is 0 Å². The molecule has 1 unspecified atom stereocenters. The Morgan fingerprint density at radius 2 is 2.20 bits per heavy atom. The van der Waals surface area contributed by atoms with Crippen molar-refractivity contribution >= 4 is 17.4 Å². The first-order valence-electron chi connectivity index (χ1n) is 7.20. The summed E-state index contributed by atoms with van der Waals surface area (Å²) in [4.78, 5) is 13.9. The molecular formula is C16H22N2O2. The number of nitrogens with one attached hydrogen (secondary N) is 2. The molecule has 1 heterocycles. The van der Waals surface area contributed by atoms with Gasteiger partial charge in [-0.1, -0.05) is 25.1 Å². The highest BCUT2D eigenvalue weighted by molar-refractivity contribution is 5.83. The van der Waals surface area contributed by atoms with Crippen LogP contribution in [0.3, 0.4) is 0 Å². The first-order chi connectivity index (χ1) is 9.85. The maximum absolute atomic E-state index is 10.6. The van der Waals surface area contributed by atoms with E-state index in [0.717, 1.165) is 37.9 Å². The molecule has 1 aromatic carbocycles. The normalized spacial score (nSPS) is 12.4. The molecule has 0 bridgehead atoms. The molecule has 1 atom stereocenters. The first kappa shape index (κ1) is 14.6. The monoisotopic (exact) mass is 274 g/mol. The topological polar surface area (TPSA) is 54.1 Å². The van der Waals surface area contributed by atoms with Gasteiger partial charge in [0.15, 0.2) is 0 Å². The number of aromatic amines is 1. The molecule has 0 saturated heterocycles. The second kappa shape index (κ2) is 7.70. The zero-order valence-electron chi connectivity index (χ0n) is 11.9. The minimum absolute atomic E-state index is 0.0731. The second-order valence-corrected chi connectivity index (χ2v) is 4.96. The van der Waals surface area contributed by atoms with Gasteiger partial charge in [-0.25, -0.2) is 0 Å². The summed E-state index contributed by atoms with van der Waals surface area (Å²) in [5, 5.41) is 4.54. The average Bonchev–Trinajstić information content (AvgIpc) is 2.87. The van der Waals surface area contributed by atoms with Crippen LogP contribution in [0, 0.1) is 0 Å². The first-order valence-corrected chi connectivity index (χ1v) is 7.20. The quantitative estimate of drug-likeness (QED) is 0.546. The van der Waals surface area contributed by atoms with E-state index >= 15 is 0 Å². The summed E-state index contributed by atoms with van der Waals surface area (Å²) >= 11 is 0. The van der Waals surface area contributed by atoms with Crippen LogP contribution in [0.15, 0.2) is 30.5 Å². The summed E-state index contributed by atoms with van der Waals surface area (Å²) in [5.74, 6) is 0. The van der Waals surface area contributed by atoms with Gasteiger partial charge in [0.1, 0.15) is 6.10 Å². The Morgan fingerprint density at radius 3 is 3.00 bits per heavy atom. The lowest BCUT2D eigenvalue weighted by molar-refractivity contribution is -0.133. The van der Waals surface area contributed by atoms with Crippen LogP contribution in [0.25, 0.3) is 10.9 Å². The molecule has 2 N–H and O–H groups in total. The molecule has 108 valence electrons. The van der Waals surface area contributed by atoms with Crippen molar-refractivity contribution in [2.75, 3.05) is 13.1 Å². The molecule has 0 amide bonds. The Kier molecular flexibility index (Phi) is 5.62. The van der Waals surface area contributed by atoms with E-state index in [9.17, 15) is 4.79 Å². The third kappa shape index (κ3) is 3.84. The van der Waals surface area contributed by atoms with Gasteiger partial charge in [-0.15, -0.1) is 0 Å². The Balaban J connectivity index is 1.98. The number of hydrogen-bond acceptors (Lipinski definition) is 3. The molecule has 20 heavy (non-hydrogen) atoms. The second-order valence-electron chi connectivity index (χ2n) is 4.96. The SMILES string of the molecule is CCCNCCC(Cc1c[nH]c2ccccc12)OC=O. The van der Waals surface area contributed by atoms with Crippen LogP contribution in [0.2, 0.25) is 0 Å². The average molecular weight is 274 g/mol. The molecule has 0 saturated carbocycles. The van der Waals surface area contributed by atoms with E-state index in [0.29, 0.717) is 6.47 Å². The van der Waals surface area contributed by atoms with Gasteiger partial charge in [0.05, 0.1) is 0 Å². The van der Waals surface area contributed by atoms with E-state index in [1.165, 1.54) is 10.9 Å². The van der Waals surface area contributed by atoms with E-state index < -0.39 is 0 Å². The smallest absolute Gasteiger partial charge is 0.293 e. The fraction of sp³-hybridized carbons (Fsp3) is 0.438. The highest BCUT2D eigenvalue weighted by Gasteiger charge is 2.13. The van der Waals surface area contributed by atoms with Crippen LogP contribution in [0.1, 0.15) is 25.3 Å². The van der Waals surface area contributed by atoms with E-state index in [1.54, 1.807) is 0 Å². The van der Waals surface area contributed by atoms with Crippen molar-refractivity contribution < 1.29 is 9.53 Å². The van der Waals surface area contributed by atoms with Crippen molar-refractivity contribution in [3.05, 3.63) is 36.0 Å². The van der Waals surface area contributed by atoms with Crippen molar-refractivity contribution in [3.63, 3.8) is 0 Å². The van der Waals surface area contributed by atoms with Gasteiger partial charge in [0.2, 0.25) is 0 Å². The molecule has 2 aromatic rings. The van der Waals surface area contributed by atoms with Crippen LogP contribution in [-0.2, 0) is 16.0 Å². The largest absolute Gasteiger partial charge is 0.464 e. The summed E-state index contributed by atoms with van der Waals surface area (Å²) in [6.07, 6.45) is 4.62. The Hall–Kier alpha value is -1.81. The number of benzene rings is 1. The number of hydrogen-bond donors (Lipinski definition) is 2. The van der Waals surface area contributed by atoms with Gasteiger partial charge in [-0.3, -0.25) is 4.79 Å². The molecule has 4 nitrogen and oxygen atoms in total. The number of rotatable bonds is 9. The summed E-state index contributed by atoms with van der Waals surface area (Å²) < 4.78 is 5.21. The molecule has 0 fully saturated rings. The van der Waals surface area contributed by atoms with Crippen LogP contribution in [0.4, 0.5) is 0 Å². The van der Waals surface area contributed by atoms with Crippen molar-refractivity contribution in [2.24, 2.45) is 0 Å². The fourth-order valence-corrected chi connectivity index (χ4v) is 2.41. The van der Waals surface area contributed by atoms with Crippen molar-refractivity contribution in [1.82, 2.24) is 10.3 Å². The van der Waals surface area contributed by atoms with Crippen molar-refractivity contribution in [2.45, 2.75) is 32.3 Å². The van der Waals surface area contributed by atoms with Gasteiger partial charge >= 0.3 is 0 Å². The summed E-state index contributed by atoms with van der Waals surface area (Å²) in [5.41, 5.74) is 2.32. The zero-order valence-corrected chi connectivity index (χ0v) is 11.9.